The standard InChI is InChI=1S/C12H19N3O/c1-8(2)13-12(16)10(4)15-11-7-5-6-9(3)14-11/h5-8,10H,1-4H3,(H,13,16)(H,14,15). The highest BCUT2D eigenvalue weighted by Gasteiger charge is 2.13. The van der Waals surface area contributed by atoms with Crippen molar-refractivity contribution >= 4 is 11.7 Å². The lowest BCUT2D eigenvalue weighted by Gasteiger charge is -2.16. The summed E-state index contributed by atoms with van der Waals surface area (Å²) in [5, 5.41) is 5.91. The van der Waals surface area contributed by atoms with Crippen LogP contribution in [0.2, 0.25) is 0 Å². The molecule has 0 fully saturated rings. The third-order valence-corrected chi connectivity index (χ3v) is 2.08. The van der Waals surface area contributed by atoms with Crippen LogP contribution in [0.5, 0.6) is 0 Å². The van der Waals surface area contributed by atoms with Crippen LogP contribution in [0.15, 0.2) is 18.2 Å². The number of amides is 1. The molecule has 88 valence electrons. The van der Waals surface area contributed by atoms with Crippen LogP contribution in [0.1, 0.15) is 26.5 Å². The number of nitrogens with zero attached hydrogens (tertiary/aromatic N) is 1. The van der Waals surface area contributed by atoms with Gasteiger partial charge in [0.2, 0.25) is 5.91 Å². The molecule has 4 heteroatoms. The van der Waals surface area contributed by atoms with Crippen molar-refractivity contribution < 1.29 is 4.79 Å². The Morgan fingerprint density at radius 2 is 2.00 bits per heavy atom. The molecule has 0 bridgehead atoms. The number of hydrogen-bond acceptors (Lipinski definition) is 3. The Labute approximate surface area is 96.5 Å². The number of aromatic nitrogens is 1. The molecule has 1 aromatic rings. The first-order chi connectivity index (χ1) is 7.49. The first-order valence-corrected chi connectivity index (χ1v) is 5.49. The Bertz CT molecular complexity index is 363. The molecule has 0 aliphatic rings. The quantitative estimate of drug-likeness (QED) is 0.814. The van der Waals surface area contributed by atoms with E-state index in [1.54, 1.807) is 0 Å². The molecule has 0 radical (unpaired) electrons. The number of aryl methyl sites for hydroxylation is 1. The summed E-state index contributed by atoms with van der Waals surface area (Å²) in [5.74, 6) is 0.713. The van der Waals surface area contributed by atoms with Crippen LogP contribution in [0.25, 0.3) is 0 Å². The van der Waals surface area contributed by atoms with Crippen molar-refractivity contribution in [3.05, 3.63) is 23.9 Å². The SMILES string of the molecule is Cc1cccc(NC(C)C(=O)NC(C)C)n1. The van der Waals surface area contributed by atoms with Crippen LogP contribution in [0.3, 0.4) is 0 Å². The number of nitrogens with one attached hydrogen (secondary N) is 2. The molecule has 1 heterocycles. The van der Waals surface area contributed by atoms with E-state index in [1.165, 1.54) is 0 Å². The second-order valence-electron chi connectivity index (χ2n) is 4.19. The molecule has 1 atom stereocenters. The van der Waals surface area contributed by atoms with Gasteiger partial charge in [-0.2, -0.15) is 0 Å². The fourth-order valence-corrected chi connectivity index (χ4v) is 1.32. The maximum Gasteiger partial charge on any atom is 0.242 e. The Morgan fingerprint density at radius 3 is 2.56 bits per heavy atom. The molecule has 0 aliphatic carbocycles. The van der Waals surface area contributed by atoms with E-state index in [0.29, 0.717) is 0 Å². The van der Waals surface area contributed by atoms with Gasteiger partial charge in [-0.15, -0.1) is 0 Å². The van der Waals surface area contributed by atoms with Crippen molar-refractivity contribution in [1.82, 2.24) is 10.3 Å². The van der Waals surface area contributed by atoms with E-state index in [1.807, 2.05) is 45.9 Å². The van der Waals surface area contributed by atoms with Crippen LogP contribution in [0.4, 0.5) is 5.82 Å². The number of carbonyl (C=O) groups excluding carboxylic acids is 1. The molecule has 1 unspecified atom stereocenters. The minimum absolute atomic E-state index is 0.0155. The highest BCUT2D eigenvalue weighted by Crippen LogP contribution is 2.05. The van der Waals surface area contributed by atoms with Crippen molar-refractivity contribution in [2.24, 2.45) is 0 Å². The van der Waals surface area contributed by atoms with Gasteiger partial charge in [-0.05, 0) is 39.8 Å². The van der Waals surface area contributed by atoms with E-state index in [-0.39, 0.29) is 18.0 Å². The Balaban J connectivity index is 2.57. The fourth-order valence-electron chi connectivity index (χ4n) is 1.32. The van der Waals surface area contributed by atoms with Crippen molar-refractivity contribution in [2.45, 2.75) is 39.8 Å². The van der Waals surface area contributed by atoms with E-state index in [9.17, 15) is 4.79 Å². The van der Waals surface area contributed by atoms with Gasteiger partial charge in [0, 0.05) is 11.7 Å². The molecule has 16 heavy (non-hydrogen) atoms. The Morgan fingerprint density at radius 1 is 1.31 bits per heavy atom. The van der Waals surface area contributed by atoms with E-state index < -0.39 is 0 Å². The molecule has 4 nitrogen and oxygen atoms in total. The largest absolute Gasteiger partial charge is 0.359 e. The number of carbonyl (C=O) groups is 1. The maximum absolute atomic E-state index is 11.6. The van der Waals surface area contributed by atoms with E-state index in [4.69, 9.17) is 0 Å². The molecule has 1 rings (SSSR count). The molecule has 0 aliphatic heterocycles. The van der Waals surface area contributed by atoms with Crippen LogP contribution >= 0.6 is 0 Å². The summed E-state index contributed by atoms with van der Waals surface area (Å²) in [5.41, 5.74) is 0.932. The average Bonchev–Trinajstić information content (AvgIpc) is 2.16. The Kier molecular flexibility index (Phi) is 4.28. The summed E-state index contributed by atoms with van der Waals surface area (Å²) >= 11 is 0. The van der Waals surface area contributed by atoms with Crippen LogP contribution in [-0.4, -0.2) is 23.0 Å². The normalized spacial score (nSPS) is 12.3. The topological polar surface area (TPSA) is 54.0 Å². The highest BCUT2D eigenvalue weighted by molar-refractivity contribution is 5.84. The van der Waals surface area contributed by atoms with Gasteiger partial charge in [0.1, 0.15) is 11.9 Å². The van der Waals surface area contributed by atoms with Gasteiger partial charge in [-0.25, -0.2) is 4.98 Å². The van der Waals surface area contributed by atoms with Gasteiger partial charge in [-0.3, -0.25) is 4.79 Å². The molecule has 0 aromatic carbocycles. The summed E-state index contributed by atoms with van der Waals surface area (Å²) in [6.45, 7) is 7.62. The van der Waals surface area contributed by atoms with Crippen molar-refractivity contribution in [3.63, 3.8) is 0 Å². The van der Waals surface area contributed by atoms with Crippen LogP contribution in [-0.2, 0) is 4.79 Å². The predicted molar refractivity (Wildman–Crippen MR) is 65.3 cm³/mol. The predicted octanol–water partition coefficient (Wildman–Crippen LogP) is 1.72. The summed E-state index contributed by atoms with van der Waals surface area (Å²) in [4.78, 5) is 15.9. The Hall–Kier alpha value is -1.58. The van der Waals surface area contributed by atoms with E-state index in [0.717, 1.165) is 11.5 Å². The average molecular weight is 221 g/mol. The number of hydrogen-bond donors (Lipinski definition) is 2. The number of anilines is 1. The summed E-state index contributed by atoms with van der Waals surface area (Å²) in [6, 6.07) is 5.56. The van der Waals surface area contributed by atoms with Gasteiger partial charge in [0.15, 0.2) is 0 Å². The van der Waals surface area contributed by atoms with Crippen LogP contribution < -0.4 is 10.6 Å². The molecule has 0 saturated heterocycles. The lowest BCUT2D eigenvalue weighted by molar-refractivity contribution is -0.122. The number of pyridine rings is 1. The molecule has 0 spiro atoms. The third kappa shape index (κ3) is 3.88. The van der Waals surface area contributed by atoms with Gasteiger partial charge >= 0.3 is 0 Å². The zero-order chi connectivity index (χ0) is 12.1. The second kappa shape index (κ2) is 5.49. The van der Waals surface area contributed by atoms with Crippen molar-refractivity contribution in [3.8, 4) is 0 Å². The zero-order valence-electron chi connectivity index (χ0n) is 10.2. The molecule has 1 amide bonds. The molecule has 1 aromatic heterocycles. The highest BCUT2D eigenvalue weighted by atomic mass is 16.2. The lowest BCUT2D eigenvalue weighted by atomic mass is 10.2. The first-order valence-electron chi connectivity index (χ1n) is 5.49. The van der Waals surface area contributed by atoms with Gasteiger partial charge in [-0.1, -0.05) is 6.07 Å². The summed E-state index contributed by atoms with van der Waals surface area (Å²) in [7, 11) is 0. The minimum atomic E-state index is -0.281. The molecule has 2 N–H and O–H groups in total. The van der Waals surface area contributed by atoms with E-state index >= 15 is 0 Å². The second-order valence-corrected chi connectivity index (χ2v) is 4.19. The van der Waals surface area contributed by atoms with E-state index in [2.05, 4.69) is 15.6 Å². The summed E-state index contributed by atoms with van der Waals surface area (Å²) in [6.07, 6.45) is 0. The fraction of sp³-hybridized carbons (Fsp3) is 0.500. The smallest absolute Gasteiger partial charge is 0.242 e. The van der Waals surface area contributed by atoms with Gasteiger partial charge in [0.25, 0.3) is 0 Å². The van der Waals surface area contributed by atoms with Crippen LogP contribution in [0, 0.1) is 6.92 Å². The van der Waals surface area contributed by atoms with Gasteiger partial charge in [0.05, 0.1) is 0 Å². The maximum atomic E-state index is 11.6. The molecular weight excluding hydrogens is 202 g/mol. The molecular formula is C12H19N3O. The monoisotopic (exact) mass is 221 g/mol. The molecule has 0 saturated carbocycles. The zero-order valence-corrected chi connectivity index (χ0v) is 10.2. The number of rotatable bonds is 4. The third-order valence-electron chi connectivity index (χ3n) is 2.08. The lowest BCUT2D eigenvalue weighted by Crippen LogP contribution is -2.41. The van der Waals surface area contributed by atoms with Crippen molar-refractivity contribution in [1.29, 1.82) is 0 Å². The minimum Gasteiger partial charge on any atom is -0.359 e. The first kappa shape index (κ1) is 12.5. The van der Waals surface area contributed by atoms with Gasteiger partial charge < -0.3 is 10.6 Å². The van der Waals surface area contributed by atoms with Crippen molar-refractivity contribution in [2.75, 3.05) is 5.32 Å². The summed E-state index contributed by atoms with van der Waals surface area (Å²) < 4.78 is 0.